The Morgan fingerprint density at radius 2 is 0.667 bits per heavy atom. The summed E-state index contributed by atoms with van der Waals surface area (Å²) in [4.78, 5) is 0. The average molecular weight is 525 g/mol. The van der Waals surface area contributed by atoms with Crippen molar-refractivity contribution in [3.63, 3.8) is 0 Å². The third-order valence-corrected chi connectivity index (χ3v) is 14.0. The maximum atomic E-state index is 2.35. The van der Waals surface area contributed by atoms with E-state index in [0.29, 0.717) is 27.1 Å². The van der Waals surface area contributed by atoms with Crippen LogP contribution in [0.4, 0.5) is 0 Å². The van der Waals surface area contributed by atoms with Crippen molar-refractivity contribution >= 4 is 53.2 Å². The molecule has 0 unspecified atom stereocenters. The minimum absolute atomic E-state index is 0. The second kappa shape index (κ2) is 10.2. The SMILES string of the molecule is CC(C)(C)C1=PC(C(C)(C)C)=P1.CC(C)(C)[C]1P=C(C(C)(C)C)P=C1C(C)(C)C.[Fe]. The molecule has 0 N–H and O–H groups in total. The summed E-state index contributed by atoms with van der Waals surface area (Å²) in [5, 5.41) is 6.66. The summed E-state index contributed by atoms with van der Waals surface area (Å²) in [6, 6.07) is 0. The first-order valence-corrected chi connectivity index (χ1v) is 14.4. The Morgan fingerprint density at radius 1 is 0.367 bits per heavy atom. The van der Waals surface area contributed by atoms with Gasteiger partial charge in [-0.25, -0.2) is 0 Å². The molecule has 0 atom stereocenters. The first-order chi connectivity index (χ1) is 12.5. The molecule has 0 aromatic carbocycles. The predicted molar refractivity (Wildman–Crippen MR) is 148 cm³/mol. The molecular weight excluding hydrogens is 480 g/mol. The van der Waals surface area contributed by atoms with Gasteiger partial charge in [0.1, 0.15) is 0 Å². The Bertz CT molecular complexity index is 701. The molecule has 0 fully saturated rings. The molecule has 173 valence electrons. The molecule has 0 aliphatic carbocycles. The molecule has 2 heterocycles. The third-order valence-electron chi connectivity index (χ3n) is 4.52. The standard InChI is InChI=1S/C15H27P2.C10H18P2.Fe/c1-13(2,3)10-11(14(4,5)6)17-12(16-10)15(7,8)9;1-9(2,3)7-11-8(12-7)10(4,5)6;/h1-9H3;1-6H3;. The first kappa shape index (κ1) is 31.2. The second-order valence-corrected chi connectivity index (χ2v) is 18.9. The van der Waals surface area contributed by atoms with E-state index in [1.165, 1.54) is 32.8 Å². The van der Waals surface area contributed by atoms with Crippen LogP contribution in [0, 0.1) is 32.7 Å². The van der Waals surface area contributed by atoms with Gasteiger partial charge in [-0.1, -0.05) is 137 Å². The van der Waals surface area contributed by atoms with Crippen LogP contribution >= 0.6 is 32.8 Å². The Hall–Kier alpha value is 1.20. The molecule has 5 heteroatoms. The maximum absolute atomic E-state index is 2.35. The molecule has 0 spiro atoms. The predicted octanol–water partition coefficient (Wildman–Crippen LogP) is 10.1. The Balaban J connectivity index is 0.000000573. The molecule has 0 aromatic heterocycles. The van der Waals surface area contributed by atoms with Crippen molar-refractivity contribution in [2.45, 2.75) is 104 Å². The quantitative estimate of drug-likeness (QED) is 0.218. The molecule has 1 radical (unpaired) electrons. The van der Waals surface area contributed by atoms with Crippen molar-refractivity contribution in [1.29, 1.82) is 0 Å². The third kappa shape index (κ3) is 8.86. The van der Waals surface area contributed by atoms with Crippen LogP contribution in [0.3, 0.4) is 0 Å². The summed E-state index contributed by atoms with van der Waals surface area (Å²) in [7, 11) is 6.01. The van der Waals surface area contributed by atoms with E-state index < -0.39 is 0 Å². The van der Waals surface area contributed by atoms with Gasteiger partial charge in [0.2, 0.25) is 0 Å². The molecular formula is C25H45FeP4. The van der Waals surface area contributed by atoms with Crippen LogP contribution in [0.5, 0.6) is 0 Å². The van der Waals surface area contributed by atoms with E-state index in [4.69, 9.17) is 0 Å². The molecule has 0 nitrogen and oxygen atoms in total. The molecule has 30 heavy (non-hydrogen) atoms. The fourth-order valence-corrected chi connectivity index (χ4v) is 9.00. The molecule has 0 aromatic rings. The Kier molecular flexibility index (Phi) is 10.6. The van der Waals surface area contributed by atoms with E-state index in [0.717, 1.165) is 0 Å². The van der Waals surface area contributed by atoms with Crippen LogP contribution in [-0.4, -0.2) is 20.4 Å². The van der Waals surface area contributed by atoms with E-state index in [-0.39, 0.29) is 17.1 Å². The molecule has 2 aliphatic rings. The molecule has 0 bridgehead atoms. The topological polar surface area (TPSA) is 0 Å². The van der Waals surface area contributed by atoms with Crippen LogP contribution in [-0.2, 0) is 17.1 Å². The normalized spacial score (nSPS) is 20.4. The molecule has 2 rings (SSSR count). The zero-order valence-electron chi connectivity index (χ0n) is 22.1. The van der Waals surface area contributed by atoms with Crippen LogP contribution < -0.4 is 0 Å². The molecule has 0 saturated carbocycles. The van der Waals surface area contributed by atoms with Gasteiger partial charge >= 0.3 is 0 Å². The van der Waals surface area contributed by atoms with Crippen LogP contribution in [0.15, 0.2) is 0 Å². The van der Waals surface area contributed by atoms with Gasteiger partial charge < -0.3 is 0 Å². The monoisotopic (exact) mass is 525 g/mol. The van der Waals surface area contributed by atoms with Gasteiger partial charge in [0, 0.05) is 32.2 Å². The Labute approximate surface area is 206 Å². The summed E-state index contributed by atoms with van der Waals surface area (Å²) in [5.41, 5.74) is 3.40. The van der Waals surface area contributed by atoms with Crippen molar-refractivity contribution < 1.29 is 17.1 Å². The van der Waals surface area contributed by atoms with Crippen LogP contribution in [0.25, 0.3) is 0 Å². The number of hydrogen-bond donors (Lipinski definition) is 0. The zero-order valence-corrected chi connectivity index (χ0v) is 26.8. The van der Waals surface area contributed by atoms with Crippen molar-refractivity contribution in [2.75, 3.05) is 0 Å². The van der Waals surface area contributed by atoms with Gasteiger partial charge in [-0.2, -0.15) is 0 Å². The van der Waals surface area contributed by atoms with E-state index in [1.54, 1.807) is 26.1 Å². The van der Waals surface area contributed by atoms with Crippen molar-refractivity contribution in [3.8, 4) is 0 Å². The summed E-state index contributed by atoms with van der Waals surface area (Å²) in [6.07, 6.45) is 0. The minimum atomic E-state index is 0. The van der Waals surface area contributed by atoms with Gasteiger partial charge in [0.25, 0.3) is 0 Å². The fourth-order valence-electron chi connectivity index (χ4n) is 2.60. The fraction of sp³-hybridized carbons (Fsp3) is 0.800. The minimum Gasteiger partial charge on any atom is -0.0814 e. The summed E-state index contributed by atoms with van der Waals surface area (Å²) in [6.45, 7) is 35.0. The van der Waals surface area contributed by atoms with Gasteiger partial charge in [0.05, 0.1) is 5.66 Å². The van der Waals surface area contributed by atoms with Gasteiger partial charge in [-0.3, -0.25) is 0 Å². The van der Waals surface area contributed by atoms with Crippen LogP contribution in [0.1, 0.15) is 104 Å². The zero-order chi connectivity index (χ0) is 23.2. The average Bonchev–Trinajstić information content (AvgIpc) is 2.77. The second-order valence-electron chi connectivity index (χ2n) is 13.4. The van der Waals surface area contributed by atoms with Gasteiger partial charge in [-0.05, 0) is 32.4 Å². The summed E-state index contributed by atoms with van der Waals surface area (Å²) in [5.74, 6) is 0. The smallest absolute Gasteiger partial charge is 0.0613 e. The van der Waals surface area contributed by atoms with Crippen molar-refractivity contribution in [1.82, 2.24) is 0 Å². The Morgan fingerprint density at radius 3 is 0.867 bits per heavy atom. The van der Waals surface area contributed by atoms with Crippen molar-refractivity contribution in [2.24, 2.45) is 27.1 Å². The van der Waals surface area contributed by atoms with E-state index in [1.807, 2.05) is 0 Å². The largest absolute Gasteiger partial charge is 0.0814 e. The first-order valence-electron chi connectivity index (χ1n) is 10.8. The van der Waals surface area contributed by atoms with E-state index >= 15 is 0 Å². The van der Waals surface area contributed by atoms with Gasteiger partial charge in [-0.15, -0.1) is 0 Å². The molecule has 2 aliphatic heterocycles. The number of hydrogen-bond acceptors (Lipinski definition) is 0. The maximum Gasteiger partial charge on any atom is 0.0613 e. The molecule has 0 amide bonds. The van der Waals surface area contributed by atoms with Gasteiger partial charge in [0.15, 0.2) is 0 Å². The summed E-state index contributed by atoms with van der Waals surface area (Å²) < 4.78 is 0. The van der Waals surface area contributed by atoms with Crippen LogP contribution in [0.2, 0.25) is 0 Å². The van der Waals surface area contributed by atoms with E-state index in [9.17, 15) is 0 Å². The van der Waals surface area contributed by atoms with Crippen molar-refractivity contribution in [3.05, 3.63) is 5.66 Å². The summed E-state index contributed by atoms with van der Waals surface area (Å²) >= 11 is 0. The number of rotatable bonds is 0. The van der Waals surface area contributed by atoms with E-state index in [2.05, 4.69) is 104 Å². The molecule has 0 saturated heterocycles.